The van der Waals surface area contributed by atoms with Crippen LogP contribution in [0.25, 0.3) is 0 Å². The fourth-order valence-corrected chi connectivity index (χ4v) is 3.94. The lowest BCUT2D eigenvalue weighted by Gasteiger charge is -2.44. The van der Waals surface area contributed by atoms with E-state index >= 15 is 0 Å². The SMILES string of the molecule is CC(=O)C(C)(C)[C@](C)(C[S@](=O)C(C)(C)C)c1cccc([N+](=O)[O-])c1. The summed E-state index contributed by atoms with van der Waals surface area (Å²) in [5.74, 6) is 0.215. The zero-order valence-corrected chi connectivity index (χ0v) is 16.3. The van der Waals surface area contributed by atoms with E-state index in [-0.39, 0.29) is 17.2 Å². The fraction of sp³-hybridized carbons (Fsp3) is 0.611. The molecule has 5 nitrogen and oxygen atoms in total. The van der Waals surface area contributed by atoms with Crippen molar-refractivity contribution in [3.05, 3.63) is 39.9 Å². The Hall–Kier alpha value is -1.56. The second-order valence-corrected chi connectivity index (χ2v) is 10.1. The van der Waals surface area contributed by atoms with Crippen LogP contribution in [-0.4, -0.2) is 25.4 Å². The highest BCUT2D eigenvalue weighted by atomic mass is 32.2. The van der Waals surface area contributed by atoms with Gasteiger partial charge >= 0.3 is 0 Å². The van der Waals surface area contributed by atoms with E-state index in [0.29, 0.717) is 5.56 Å². The number of nitrogens with zero attached hydrogens (tertiary/aromatic N) is 1. The average Bonchev–Trinajstić information content (AvgIpc) is 2.45. The highest BCUT2D eigenvalue weighted by Crippen LogP contribution is 2.44. The van der Waals surface area contributed by atoms with Gasteiger partial charge < -0.3 is 0 Å². The van der Waals surface area contributed by atoms with E-state index < -0.39 is 31.3 Å². The summed E-state index contributed by atoms with van der Waals surface area (Å²) < 4.78 is 12.4. The lowest BCUT2D eigenvalue weighted by atomic mass is 9.62. The third kappa shape index (κ3) is 3.91. The third-order valence-corrected chi connectivity index (χ3v) is 7.26. The lowest BCUT2D eigenvalue weighted by Crippen LogP contribution is -2.49. The monoisotopic (exact) mass is 353 g/mol. The molecule has 1 aromatic rings. The van der Waals surface area contributed by atoms with Crippen LogP contribution < -0.4 is 0 Å². The van der Waals surface area contributed by atoms with E-state index in [1.165, 1.54) is 19.1 Å². The van der Waals surface area contributed by atoms with Crippen LogP contribution in [0.3, 0.4) is 0 Å². The van der Waals surface area contributed by atoms with Crippen LogP contribution in [-0.2, 0) is 21.0 Å². The summed E-state index contributed by atoms with van der Waals surface area (Å²) in [5.41, 5.74) is -0.972. The summed E-state index contributed by atoms with van der Waals surface area (Å²) >= 11 is 0. The van der Waals surface area contributed by atoms with Gasteiger partial charge in [-0.3, -0.25) is 19.1 Å². The molecule has 0 saturated carbocycles. The molecule has 6 heteroatoms. The van der Waals surface area contributed by atoms with E-state index in [1.807, 2.05) is 41.5 Å². The second kappa shape index (κ2) is 6.75. The first-order chi connectivity index (χ1) is 10.7. The quantitative estimate of drug-likeness (QED) is 0.572. The molecule has 0 aliphatic rings. The van der Waals surface area contributed by atoms with Crippen molar-refractivity contribution in [3.63, 3.8) is 0 Å². The van der Waals surface area contributed by atoms with Crippen molar-refractivity contribution in [2.75, 3.05) is 5.75 Å². The Morgan fingerprint density at radius 3 is 2.12 bits per heavy atom. The Morgan fingerprint density at radius 2 is 1.71 bits per heavy atom. The first kappa shape index (κ1) is 20.5. The van der Waals surface area contributed by atoms with Crippen molar-refractivity contribution in [2.45, 2.75) is 58.6 Å². The molecule has 24 heavy (non-hydrogen) atoms. The molecule has 1 aromatic carbocycles. The number of benzene rings is 1. The van der Waals surface area contributed by atoms with Gasteiger partial charge in [-0.1, -0.05) is 32.9 Å². The number of rotatable bonds is 6. The van der Waals surface area contributed by atoms with Gasteiger partial charge in [0.15, 0.2) is 0 Å². The molecular weight excluding hydrogens is 326 g/mol. The van der Waals surface area contributed by atoms with Gasteiger partial charge in [-0.2, -0.15) is 0 Å². The Balaban J connectivity index is 3.55. The van der Waals surface area contributed by atoms with Gasteiger partial charge in [-0.15, -0.1) is 0 Å². The Morgan fingerprint density at radius 1 is 1.17 bits per heavy atom. The van der Waals surface area contributed by atoms with Crippen LogP contribution in [0, 0.1) is 15.5 Å². The molecular formula is C18H27NO4S. The van der Waals surface area contributed by atoms with Crippen LogP contribution in [0.1, 0.15) is 54.0 Å². The number of non-ortho nitro benzene ring substituents is 1. The number of carbonyl (C=O) groups excluding carboxylic acids is 1. The van der Waals surface area contributed by atoms with E-state index in [4.69, 9.17) is 0 Å². The Bertz CT molecular complexity index is 676. The van der Waals surface area contributed by atoms with Crippen LogP contribution in [0.4, 0.5) is 5.69 Å². The number of ketones is 1. The van der Waals surface area contributed by atoms with Crippen molar-refractivity contribution >= 4 is 22.3 Å². The molecule has 0 amide bonds. The van der Waals surface area contributed by atoms with E-state index in [1.54, 1.807) is 12.1 Å². The summed E-state index contributed by atoms with van der Waals surface area (Å²) in [6.07, 6.45) is 0. The molecule has 0 radical (unpaired) electrons. The number of nitro groups is 1. The maximum absolute atomic E-state index is 12.8. The van der Waals surface area contributed by atoms with Gasteiger partial charge in [0.1, 0.15) is 5.78 Å². The molecule has 134 valence electrons. The highest BCUT2D eigenvalue weighted by molar-refractivity contribution is 7.86. The van der Waals surface area contributed by atoms with E-state index in [9.17, 15) is 19.1 Å². The number of Topliss-reactive ketones (excluding diaryl/α,β-unsaturated/α-hetero) is 1. The van der Waals surface area contributed by atoms with Crippen molar-refractivity contribution in [3.8, 4) is 0 Å². The molecule has 0 N–H and O–H groups in total. The largest absolute Gasteiger partial charge is 0.299 e. The van der Waals surface area contributed by atoms with Gasteiger partial charge in [0.2, 0.25) is 0 Å². The molecule has 0 bridgehead atoms. The predicted molar refractivity (Wildman–Crippen MR) is 97.7 cm³/mol. The molecule has 1 rings (SSSR count). The summed E-state index contributed by atoms with van der Waals surface area (Å²) in [6.45, 7) is 12.7. The van der Waals surface area contributed by atoms with Crippen molar-refractivity contribution in [1.29, 1.82) is 0 Å². The Labute approximate surface area is 146 Å². The standard InChI is InChI=1S/C18H27NO4S/c1-13(20)17(5,6)18(7,12-24(23)16(2,3)4)14-9-8-10-15(11-14)19(21)22/h8-11H,12H2,1-7H3/t18-,24+/m1/s1. The molecule has 0 spiro atoms. The maximum Gasteiger partial charge on any atom is 0.269 e. The second-order valence-electron chi connectivity index (χ2n) is 7.92. The van der Waals surface area contributed by atoms with Gasteiger partial charge in [-0.25, -0.2) is 0 Å². The van der Waals surface area contributed by atoms with Crippen molar-refractivity contribution in [2.24, 2.45) is 5.41 Å². The zero-order valence-electron chi connectivity index (χ0n) is 15.5. The minimum atomic E-state index is -1.21. The van der Waals surface area contributed by atoms with E-state index in [0.717, 1.165) is 0 Å². The van der Waals surface area contributed by atoms with Gasteiger partial charge in [0, 0.05) is 44.3 Å². The van der Waals surface area contributed by atoms with Crippen LogP contribution in [0.5, 0.6) is 0 Å². The lowest BCUT2D eigenvalue weighted by molar-refractivity contribution is -0.385. The highest BCUT2D eigenvalue weighted by Gasteiger charge is 2.48. The van der Waals surface area contributed by atoms with Crippen LogP contribution in [0.15, 0.2) is 24.3 Å². The van der Waals surface area contributed by atoms with Gasteiger partial charge in [0.25, 0.3) is 5.69 Å². The summed E-state index contributed by atoms with van der Waals surface area (Å²) in [4.78, 5) is 23.0. The van der Waals surface area contributed by atoms with Crippen molar-refractivity contribution < 1.29 is 13.9 Å². The zero-order chi connectivity index (χ0) is 18.9. The average molecular weight is 353 g/mol. The summed E-state index contributed by atoms with van der Waals surface area (Å²) in [7, 11) is -1.21. The normalized spacial score (nSPS) is 16.3. The topological polar surface area (TPSA) is 77.3 Å². The molecule has 0 aromatic heterocycles. The van der Waals surface area contributed by atoms with Crippen molar-refractivity contribution in [1.82, 2.24) is 0 Å². The molecule has 0 aliphatic carbocycles. The molecule has 0 heterocycles. The molecule has 0 unspecified atom stereocenters. The van der Waals surface area contributed by atoms with Gasteiger partial charge in [-0.05, 0) is 33.3 Å². The number of hydrogen-bond acceptors (Lipinski definition) is 4. The summed E-state index contributed by atoms with van der Waals surface area (Å²) in [5, 5.41) is 11.1. The smallest absolute Gasteiger partial charge is 0.269 e. The molecule has 2 atom stereocenters. The summed E-state index contributed by atoms with van der Waals surface area (Å²) in [6, 6.07) is 6.30. The number of carbonyl (C=O) groups is 1. The van der Waals surface area contributed by atoms with Gasteiger partial charge in [0.05, 0.1) is 4.92 Å². The third-order valence-electron chi connectivity index (χ3n) is 5.06. The van der Waals surface area contributed by atoms with Crippen LogP contribution >= 0.6 is 0 Å². The minimum Gasteiger partial charge on any atom is -0.299 e. The molecule has 0 aliphatic heterocycles. The first-order valence-corrected chi connectivity index (χ1v) is 9.20. The first-order valence-electron chi connectivity index (χ1n) is 7.88. The molecule has 0 fully saturated rings. The number of hydrogen-bond donors (Lipinski definition) is 0. The minimum absolute atomic E-state index is 0.0281. The van der Waals surface area contributed by atoms with Crippen LogP contribution in [0.2, 0.25) is 0 Å². The Kier molecular flexibility index (Phi) is 5.76. The fourth-order valence-electron chi connectivity index (χ4n) is 2.45. The number of nitro benzene ring substituents is 1. The molecule has 0 saturated heterocycles. The maximum atomic E-state index is 12.8. The van der Waals surface area contributed by atoms with E-state index in [2.05, 4.69) is 0 Å². The predicted octanol–water partition coefficient (Wildman–Crippen LogP) is 4.01.